The van der Waals surface area contributed by atoms with E-state index >= 15 is 0 Å². The Morgan fingerprint density at radius 2 is 1.95 bits per heavy atom. The Labute approximate surface area is 121 Å². The number of aliphatic hydroxyl groups is 1. The van der Waals surface area contributed by atoms with Crippen molar-refractivity contribution in [3.8, 4) is 11.5 Å². The number of ether oxygens (including phenoxy) is 2. The van der Waals surface area contributed by atoms with E-state index in [1.807, 2.05) is 18.2 Å². The first-order chi connectivity index (χ1) is 10.2. The molecule has 21 heavy (non-hydrogen) atoms. The van der Waals surface area contributed by atoms with Crippen LogP contribution in [-0.2, 0) is 13.2 Å². The Kier molecular flexibility index (Phi) is 4.73. The summed E-state index contributed by atoms with van der Waals surface area (Å²) in [5.74, 6) is 0.815. The summed E-state index contributed by atoms with van der Waals surface area (Å²) in [7, 11) is 1.55. The van der Waals surface area contributed by atoms with E-state index < -0.39 is 4.92 Å². The van der Waals surface area contributed by atoms with Crippen molar-refractivity contribution in [1.82, 2.24) is 0 Å². The lowest BCUT2D eigenvalue weighted by molar-refractivity contribution is -0.386. The zero-order chi connectivity index (χ0) is 15.2. The molecule has 0 fully saturated rings. The molecule has 0 aliphatic heterocycles. The van der Waals surface area contributed by atoms with Gasteiger partial charge in [0, 0.05) is 11.6 Å². The van der Waals surface area contributed by atoms with Crippen molar-refractivity contribution in [2.45, 2.75) is 13.2 Å². The van der Waals surface area contributed by atoms with Gasteiger partial charge in [-0.1, -0.05) is 24.3 Å². The van der Waals surface area contributed by atoms with Gasteiger partial charge in [-0.05, 0) is 17.7 Å². The molecule has 0 heterocycles. The maximum atomic E-state index is 11.0. The number of rotatable bonds is 6. The predicted octanol–water partition coefficient (Wildman–Crippen LogP) is 2.67. The summed E-state index contributed by atoms with van der Waals surface area (Å²) >= 11 is 0. The normalized spacial score (nSPS) is 10.2. The van der Waals surface area contributed by atoms with Crippen molar-refractivity contribution in [2.24, 2.45) is 0 Å². The van der Waals surface area contributed by atoms with E-state index in [0.29, 0.717) is 11.3 Å². The molecule has 0 spiro atoms. The first-order valence-corrected chi connectivity index (χ1v) is 6.28. The van der Waals surface area contributed by atoms with E-state index in [4.69, 9.17) is 14.6 Å². The molecule has 0 unspecified atom stereocenters. The Bertz CT molecular complexity index is 642. The maximum absolute atomic E-state index is 11.0. The molecule has 0 bridgehead atoms. The number of para-hydroxylation sites is 1. The number of benzene rings is 2. The summed E-state index contributed by atoms with van der Waals surface area (Å²) in [6.45, 7) is -0.100. The molecule has 6 nitrogen and oxygen atoms in total. The van der Waals surface area contributed by atoms with E-state index in [1.54, 1.807) is 19.2 Å². The van der Waals surface area contributed by atoms with Crippen molar-refractivity contribution in [1.29, 1.82) is 0 Å². The van der Waals surface area contributed by atoms with Gasteiger partial charge in [-0.2, -0.15) is 0 Å². The maximum Gasteiger partial charge on any atom is 0.311 e. The summed E-state index contributed by atoms with van der Waals surface area (Å²) in [4.78, 5) is 10.5. The molecule has 0 atom stereocenters. The van der Waals surface area contributed by atoms with Gasteiger partial charge in [0.2, 0.25) is 0 Å². The highest BCUT2D eigenvalue weighted by atomic mass is 16.6. The van der Waals surface area contributed by atoms with Crippen LogP contribution in [0.5, 0.6) is 11.5 Å². The van der Waals surface area contributed by atoms with Crippen LogP contribution in [0.15, 0.2) is 42.5 Å². The van der Waals surface area contributed by atoms with E-state index in [-0.39, 0.29) is 24.7 Å². The topological polar surface area (TPSA) is 81.8 Å². The molecule has 6 heteroatoms. The summed E-state index contributed by atoms with van der Waals surface area (Å²) < 4.78 is 10.7. The molecular formula is C15H15NO5. The Hall–Kier alpha value is -2.60. The number of nitrogens with zero attached hydrogens (tertiary/aromatic N) is 1. The highest BCUT2D eigenvalue weighted by molar-refractivity contribution is 5.48. The van der Waals surface area contributed by atoms with Gasteiger partial charge < -0.3 is 14.6 Å². The number of hydrogen-bond acceptors (Lipinski definition) is 5. The third kappa shape index (κ3) is 3.49. The Morgan fingerprint density at radius 3 is 2.62 bits per heavy atom. The minimum atomic E-state index is -0.531. The number of nitro groups is 1. The second-order valence-electron chi connectivity index (χ2n) is 4.32. The van der Waals surface area contributed by atoms with E-state index in [2.05, 4.69) is 0 Å². The highest BCUT2D eigenvalue weighted by Crippen LogP contribution is 2.29. The van der Waals surface area contributed by atoms with E-state index in [9.17, 15) is 10.1 Å². The smallest absolute Gasteiger partial charge is 0.311 e. The van der Waals surface area contributed by atoms with Gasteiger partial charge in [0.25, 0.3) is 0 Å². The minimum absolute atomic E-state index is 0.156. The van der Waals surface area contributed by atoms with Gasteiger partial charge >= 0.3 is 5.69 Å². The quantitative estimate of drug-likeness (QED) is 0.653. The molecule has 2 aromatic carbocycles. The van der Waals surface area contributed by atoms with Crippen LogP contribution in [-0.4, -0.2) is 17.1 Å². The van der Waals surface area contributed by atoms with Crippen molar-refractivity contribution < 1.29 is 19.5 Å². The van der Waals surface area contributed by atoms with Crippen molar-refractivity contribution >= 4 is 5.69 Å². The summed E-state index contributed by atoms with van der Waals surface area (Å²) in [6.07, 6.45) is 0. The van der Waals surface area contributed by atoms with Crippen molar-refractivity contribution in [2.75, 3.05) is 7.11 Å². The van der Waals surface area contributed by atoms with Crippen molar-refractivity contribution in [3.05, 3.63) is 63.7 Å². The lowest BCUT2D eigenvalue weighted by Gasteiger charge is -2.10. The van der Waals surface area contributed by atoms with Crippen LogP contribution in [0.3, 0.4) is 0 Å². The number of hydrogen-bond donors (Lipinski definition) is 1. The first kappa shape index (κ1) is 14.8. The molecule has 0 aliphatic carbocycles. The standard InChI is InChI=1S/C15H15NO5/c1-20-14-5-3-2-4-12(14)10-21-15-7-6-11(9-17)8-13(15)16(18)19/h2-8,17H,9-10H2,1H3. The van der Waals surface area contributed by atoms with Gasteiger partial charge in [0.15, 0.2) is 5.75 Å². The van der Waals surface area contributed by atoms with Crippen molar-refractivity contribution in [3.63, 3.8) is 0 Å². The molecule has 1 N–H and O–H groups in total. The Morgan fingerprint density at radius 1 is 1.19 bits per heavy atom. The van der Waals surface area contributed by atoms with Crippen LogP contribution in [0.4, 0.5) is 5.69 Å². The molecule has 0 amide bonds. The molecule has 0 aliphatic rings. The highest BCUT2D eigenvalue weighted by Gasteiger charge is 2.16. The van der Waals surface area contributed by atoms with Crippen LogP contribution in [0, 0.1) is 10.1 Å². The predicted molar refractivity (Wildman–Crippen MR) is 76.3 cm³/mol. The summed E-state index contributed by atoms with van der Waals surface area (Å²) in [6, 6.07) is 11.7. The third-order valence-electron chi connectivity index (χ3n) is 2.98. The minimum Gasteiger partial charge on any atom is -0.496 e. The molecule has 0 saturated carbocycles. The van der Waals surface area contributed by atoms with Gasteiger partial charge in [0.1, 0.15) is 12.4 Å². The van der Waals surface area contributed by atoms with E-state index in [0.717, 1.165) is 5.56 Å². The molecule has 110 valence electrons. The fourth-order valence-corrected chi connectivity index (χ4v) is 1.90. The lowest BCUT2D eigenvalue weighted by Crippen LogP contribution is -2.01. The molecular weight excluding hydrogens is 274 g/mol. The van der Waals surface area contributed by atoms with Gasteiger partial charge in [-0.3, -0.25) is 10.1 Å². The van der Waals surface area contributed by atoms with Gasteiger partial charge in [-0.25, -0.2) is 0 Å². The summed E-state index contributed by atoms with van der Waals surface area (Å²) in [5.41, 5.74) is 1.09. The number of methoxy groups -OCH3 is 1. The zero-order valence-electron chi connectivity index (χ0n) is 11.5. The molecule has 0 saturated heterocycles. The number of aliphatic hydroxyl groups excluding tert-OH is 1. The fourth-order valence-electron chi connectivity index (χ4n) is 1.90. The third-order valence-corrected chi connectivity index (χ3v) is 2.98. The Balaban J connectivity index is 2.21. The molecule has 0 radical (unpaired) electrons. The van der Waals surface area contributed by atoms with Gasteiger partial charge in [-0.15, -0.1) is 0 Å². The second kappa shape index (κ2) is 6.71. The summed E-state index contributed by atoms with van der Waals surface area (Å²) in [5, 5.41) is 20.1. The lowest BCUT2D eigenvalue weighted by atomic mass is 10.2. The largest absolute Gasteiger partial charge is 0.496 e. The monoisotopic (exact) mass is 289 g/mol. The van der Waals surface area contributed by atoms with Crippen LogP contribution in [0.2, 0.25) is 0 Å². The van der Waals surface area contributed by atoms with Crippen LogP contribution in [0.1, 0.15) is 11.1 Å². The molecule has 2 aromatic rings. The first-order valence-electron chi connectivity index (χ1n) is 6.28. The van der Waals surface area contributed by atoms with Crippen LogP contribution < -0.4 is 9.47 Å². The second-order valence-corrected chi connectivity index (χ2v) is 4.32. The average Bonchev–Trinajstić information content (AvgIpc) is 2.52. The van der Waals surface area contributed by atoms with Crippen LogP contribution in [0.25, 0.3) is 0 Å². The number of nitro benzene ring substituents is 1. The van der Waals surface area contributed by atoms with Crippen LogP contribution >= 0.6 is 0 Å². The molecule has 0 aromatic heterocycles. The molecule has 2 rings (SSSR count). The van der Waals surface area contributed by atoms with E-state index in [1.165, 1.54) is 12.1 Å². The average molecular weight is 289 g/mol. The van der Waals surface area contributed by atoms with Gasteiger partial charge in [0.05, 0.1) is 18.6 Å². The SMILES string of the molecule is COc1ccccc1COc1ccc(CO)cc1[N+](=O)[O-]. The zero-order valence-corrected chi connectivity index (χ0v) is 11.5. The fraction of sp³-hybridized carbons (Fsp3) is 0.200.